The van der Waals surface area contributed by atoms with E-state index >= 15 is 0 Å². The molecule has 11 nitrogen and oxygen atoms in total. The quantitative estimate of drug-likeness (QED) is 0.389. The molecule has 1 fully saturated rings. The number of hydrogen-bond acceptors (Lipinski definition) is 11. The maximum absolute atomic E-state index is 11.9. The van der Waals surface area contributed by atoms with Gasteiger partial charge in [-0.25, -0.2) is 15.0 Å². The number of rotatable bonds is 8. The van der Waals surface area contributed by atoms with E-state index in [2.05, 4.69) is 20.3 Å². The van der Waals surface area contributed by atoms with Crippen molar-refractivity contribution in [1.29, 1.82) is 0 Å². The first-order chi connectivity index (χ1) is 13.5. The number of carbonyl (C=O) groups is 1. The maximum Gasteiger partial charge on any atom is 0.322 e. The average molecular weight is 414 g/mol. The van der Waals surface area contributed by atoms with Crippen LogP contribution in [0.3, 0.4) is 0 Å². The van der Waals surface area contributed by atoms with Crippen molar-refractivity contribution in [2.45, 2.75) is 37.0 Å². The molecule has 0 aliphatic carbocycles. The van der Waals surface area contributed by atoms with Gasteiger partial charge in [0.1, 0.15) is 36.2 Å². The zero-order valence-corrected chi connectivity index (χ0v) is 16.4. The molecule has 12 heteroatoms. The normalized spacial score (nSPS) is 25.9. The fraction of sp³-hybridized carbons (Fsp3) is 0.625. The highest BCUT2D eigenvalue weighted by Crippen LogP contribution is 2.31. The van der Waals surface area contributed by atoms with Gasteiger partial charge in [0.25, 0.3) is 0 Å². The number of imidazole rings is 1. The first-order valence-corrected chi connectivity index (χ1v) is 10.1. The molecule has 3 heterocycles. The summed E-state index contributed by atoms with van der Waals surface area (Å²) in [5.41, 5.74) is 6.56. The Morgan fingerprint density at radius 2 is 2.25 bits per heavy atom. The Bertz CT molecular complexity index is 820. The minimum Gasteiger partial charge on any atom is -0.468 e. The second kappa shape index (κ2) is 9.01. The predicted octanol–water partition coefficient (Wildman–Crippen LogP) is -1.09. The summed E-state index contributed by atoms with van der Waals surface area (Å²) in [5.74, 6) is 0.602. The third kappa shape index (κ3) is 4.05. The smallest absolute Gasteiger partial charge is 0.322 e. The highest BCUT2D eigenvalue weighted by atomic mass is 32.2. The van der Waals surface area contributed by atoms with Crippen LogP contribution < -0.4 is 11.1 Å². The van der Waals surface area contributed by atoms with Gasteiger partial charge in [-0.3, -0.25) is 9.36 Å². The molecule has 5 atom stereocenters. The summed E-state index contributed by atoms with van der Waals surface area (Å²) >= 11 is 1.62. The van der Waals surface area contributed by atoms with Gasteiger partial charge in [-0.2, -0.15) is 11.8 Å². The molecule has 5 N–H and O–H groups in total. The van der Waals surface area contributed by atoms with E-state index in [-0.39, 0.29) is 18.3 Å². The van der Waals surface area contributed by atoms with Crippen molar-refractivity contribution in [2.75, 3.05) is 31.4 Å². The zero-order valence-electron chi connectivity index (χ0n) is 15.6. The van der Waals surface area contributed by atoms with Gasteiger partial charge < -0.3 is 30.7 Å². The van der Waals surface area contributed by atoms with Gasteiger partial charge in [0.05, 0.1) is 13.4 Å². The molecular formula is C16H24N6O5S. The SMILES string of the molecule is CSCC[C@H](NC[C@H]1O[C@@H](n2cnc3c(N)ncnc32)[C@H](O)[C@@H]1O)C(=O)O[14CH3]. The minimum absolute atomic E-state index is 0.159. The van der Waals surface area contributed by atoms with Crippen LogP contribution in [0.25, 0.3) is 11.2 Å². The van der Waals surface area contributed by atoms with Crippen LogP contribution in [0, 0.1) is 0 Å². The Morgan fingerprint density at radius 1 is 1.46 bits per heavy atom. The number of ether oxygens (including phenoxy) is 2. The number of fused-ring (bicyclic) bond motifs is 1. The minimum atomic E-state index is -1.21. The van der Waals surface area contributed by atoms with Crippen molar-refractivity contribution in [3.8, 4) is 0 Å². The lowest BCUT2D eigenvalue weighted by molar-refractivity contribution is -0.143. The summed E-state index contributed by atoms with van der Waals surface area (Å²) in [6.07, 6.45) is 1.25. The number of nitrogens with one attached hydrogen (secondary N) is 1. The van der Waals surface area contributed by atoms with Gasteiger partial charge in [-0.15, -0.1) is 0 Å². The predicted molar refractivity (Wildman–Crippen MR) is 102 cm³/mol. The second-order valence-corrected chi connectivity index (χ2v) is 7.38. The van der Waals surface area contributed by atoms with Gasteiger partial charge in [-0.1, -0.05) is 0 Å². The highest BCUT2D eigenvalue weighted by Gasteiger charge is 2.44. The van der Waals surface area contributed by atoms with Crippen molar-refractivity contribution in [2.24, 2.45) is 0 Å². The lowest BCUT2D eigenvalue weighted by atomic mass is 10.1. The summed E-state index contributed by atoms with van der Waals surface area (Å²) in [5, 5.41) is 23.9. The molecule has 1 aliphatic heterocycles. The molecule has 0 bridgehead atoms. The number of aliphatic hydroxyl groups excluding tert-OH is 2. The number of thioether (sulfide) groups is 1. The van der Waals surface area contributed by atoms with Crippen LogP contribution in [0.2, 0.25) is 0 Å². The van der Waals surface area contributed by atoms with E-state index < -0.39 is 30.6 Å². The molecule has 0 saturated carbocycles. The molecule has 1 saturated heterocycles. The standard InChI is InChI=1S/C16H24N6O5S/c1-26-16(25)8(3-4-28-2)18-5-9-11(23)12(24)15(27-9)22-7-21-10-13(17)19-6-20-14(10)22/h6-9,11-12,15,18,23-24H,3-5H2,1-2H3,(H2,17,19,20)/t8-,9+,11+,12+,15+/m0/s1/i1+2. The van der Waals surface area contributed by atoms with E-state index in [1.807, 2.05) is 6.26 Å². The average Bonchev–Trinajstić information content (AvgIpc) is 3.24. The Morgan fingerprint density at radius 3 is 2.96 bits per heavy atom. The van der Waals surface area contributed by atoms with Crippen LogP contribution in [0.15, 0.2) is 12.7 Å². The monoisotopic (exact) mass is 414 g/mol. The van der Waals surface area contributed by atoms with Crippen LogP contribution >= 0.6 is 11.8 Å². The van der Waals surface area contributed by atoms with Gasteiger partial charge in [0, 0.05) is 6.54 Å². The van der Waals surface area contributed by atoms with E-state index in [0.29, 0.717) is 17.6 Å². The summed E-state index contributed by atoms with van der Waals surface area (Å²) in [4.78, 5) is 24.1. The Balaban J connectivity index is 1.71. The van der Waals surface area contributed by atoms with Crippen molar-refractivity contribution in [1.82, 2.24) is 24.8 Å². The first kappa shape index (κ1) is 20.7. The van der Waals surface area contributed by atoms with Gasteiger partial charge in [0.15, 0.2) is 17.7 Å². The van der Waals surface area contributed by atoms with E-state index in [0.717, 1.165) is 5.75 Å². The first-order valence-electron chi connectivity index (χ1n) is 8.72. The summed E-state index contributed by atoms with van der Waals surface area (Å²) in [6.45, 7) is 0.159. The maximum atomic E-state index is 11.9. The Hall–Kier alpha value is -1.99. The Kier molecular flexibility index (Phi) is 6.67. The van der Waals surface area contributed by atoms with E-state index in [9.17, 15) is 15.0 Å². The largest absolute Gasteiger partial charge is 0.468 e. The molecule has 2 aromatic heterocycles. The number of aromatic nitrogens is 4. The summed E-state index contributed by atoms with van der Waals surface area (Å²) in [6, 6.07) is -0.522. The summed E-state index contributed by atoms with van der Waals surface area (Å²) < 4.78 is 12.2. The number of anilines is 1. The highest BCUT2D eigenvalue weighted by molar-refractivity contribution is 7.98. The van der Waals surface area contributed by atoms with Crippen molar-refractivity contribution < 1.29 is 24.5 Å². The third-order valence-corrected chi connectivity index (χ3v) is 5.30. The molecule has 0 unspecified atom stereocenters. The topological polar surface area (TPSA) is 158 Å². The fourth-order valence-corrected chi connectivity index (χ4v) is 3.59. The molecule has 3 rings (SSSR count). The number of hydrogen-bond donors (Lipinski definition) is 4. The van der Waals surface area contributed by atoms with Gasteiger partial charge >= 0.3 is 5.97 Å². The molecule has 0 amide bonds. The van der Waals surface area contributed by atoms with E-state index in [1.54, 1.807) is 11.8 Å². The van der Waals surface area contributed by atoms with E-state index in [4.69, 9.17) is 15.2 Å². The van der Waals surface area contributed by atoms with Crippen molar-refractivity contribution in [3.63, 3.8) is 0 Å². The number of aliphatic hydroxyl groups is 2. The second-order valence-electron chi connectivity index (χ2n) is 6.39. The summed E-state index contributed by atoms with van der Waals surface area (Å²) in [7, 11) is 1.33. The number of methoxy groups -OCH3 is 1. The molecule has 154 valence electrons. The van der Waals surface area contributed by atoms with Crippen LogP contribution in [0.4, 0.5) is 5.82 Å². The zero-order chi connectivity index (χ0) is 20.3. The number of nitrogens with zero attached hydrogens (tertiary/aromatic N) is 4. The lowest BCUT2D eigenvalue weighted by Crippen LogP contribution is -2.45. The third-order valence-electron chi connectivity index (χ3n) is 4.66. The van der Waals surface area contributed by atoms with E-state index in [1.165, 1.54) is 24.3 Å². The van der Waals surface area contributed by atoms with Crippen LogP contribution in [0.5, 0.6) is 0 Å². The molecule has 0 radical (unpaired) electrons. The fourth-order valence-electron chi connectivity index (χ4n) is 3.12. The van der Waals surface area contributed by atoms with Crippen molar-refractivity contribution in [3.05, 3.63) is 12.7 Å². The molecular weight excluding hydrogens is 390 g/mol. The number of esters is 1. The van der Waals surface area contributed by atoms with Crippen molar-refractivity contribution >= 4 is 34.7 Å². The molecule has 0 spiro atoms. The molecule has 1 aliphatic rings. The molecule has 28 heavy (non-hydrogen) atoms. The molecule has 2 aromatic rings. The number of nitrogen functional groups attached to an aromatic ring is 1. The number of carbonyl (C=O) groups excluding carboxylic acids is 1. The number of nitrogens with two attached hydrogens (primary N) is 1. The van der Waals surface area contributed by atoms with Crippen LogP contribution in [0.1, 0.15) is 12.6 Å². The van der Waals surface area contributed by atoms with Crippen LogP contribution in [-0.4, -0.2) is 85.7 Å². The lowest BCUT2D eigenvalue weighted by Gasteiger charge is -2.20. The molecule has 0 aromatic carbocycles. The van der Waals surface area contributed by atoms with Gasteiger partial charge in [-0.05, 0) is 18.4 Å². The Labute approximate surface area is 165 Å². The van der Waals surface area contributed by atoms with Crippen LogP contribution in [-0.2, 0) is 14.3 Å². The van der Waals surface area contributed by atoms with Gasteiger partial charge in [0.2, 0.25) is 0 Å².